The Labute approximate surface area is 844 Å². The second-order valence-corrected chi connectivity index (χ2v) is 37.0. The van der Waals surface area contributed by atoms with Crippen LogP contribution in [0.3, 0.4) is 0 Å². The van der Waals surface area contributed by atoms with E-state index >= 15 is 0 Å². The van der Waals surface area contributed by atoms with Crippen LogP contribution in [-0.4, -0.2) is 173 Å². The summed E-state index contributed by atoms with van der Waals surface area (Å²) in [5, 5.41) is 73.9. The van der Waals surface area contributed by atoms with Gasteiger partial charge in [-0.1, -0.05) is 0 Å². The zero-order valence-corrected chi connectivity index (χ0v) is 81.8. The minimum Gasteiger partial charge on any atom is -0.394 e. The smallest absolute Gasteiger partial charge is 0.260 e. The van der Waals surface area contributed by atoms with Crippen LogP contribution in [0.2, 0.25) is 0 Å². The van der Waals surface area contributed by atoms with E-state index in [1.54, 1.807) is 281 Å². The van der Waals surface area contributed by atoms with E-state index in [-0.39, 0.29) is 69.2 Å². The van der Waals surface area contributed by atoms with Gasteiger partial charge in [0.05, 0.1) is 135 Å². The zero-order valence-electron chi connectivity index (χ0n) is 80.2. The first-order chi connectivity index (χ1) is 72.2. The van der Waals surface area contributed by atoms with Crippen molar-refractivity contribution >= 4 is 105 Å². The van der Waals surface area contributed by atoms with Crippen molar-refractivity contribution in [1.29, 1.82) is 0 Å². The first kappa shape index (κ1) is 96.6. The number of aliphatic hydroxyl groups excluding tert-OH is 2. The number of imidazole rings is 1. The average Bonchev–Trinajstić information content (AvgIpc) is 1.63. The quantitative estimate of drug-likeness (QED) is 0.0710. The third-order valence-corrected chi connectivity index (χ3v) is 27.7. The number of aromatic nitrogens is 31. The van der Waals surface area contributed by atoms with Crippen molar-refractivity contribution in [2.75, 3.05) is 13.2 Å². The molecule has 0 bridgehead atoms. The molecular formula is C104H84F5N31O7S2. The lowest BCUT2D eigenvalue weighted by atomic mass is 10.1. The molecule has 45 heteroatoms. The number of halogens is 5. The first-order valence-corrected chi connectivity index (χ1v) is 48.3. The van der Waals surface area contributed by atoms with E-state index in [0.29, 0.717) is 130 Å². The van der Waals surface area contributed by atoms with Crippen LogP contribution < -0.4 is 27.8 Å². The van der Waals surface area contributed by atoms with Gasteiger partial charge in [-0.05, 0) is 204 Å². The van der Waals surface area contributed by atoms with E-state index in [4.69, 9.17) is 10.2 Å². The van der Waals surface area contributed by atoms with Gasteiger partial charge in [0.2, 0.25) is 0 Å². The van der Waals surface area contributed by atoms with Crippen LogP contribution in [0.1, 0.15) is 105 Å². The van der Waals surface area contributed by atoms with Gasteiger partial charge in [-0.2, -0.15) is 10.2 Å². The van der Waals surface area contributed by atoms with Crippen molar-refractivity contribution in [3.63, 3.8) is 0 Å². The Hall–Kier alpha value is -18.5. The molecule has 0 aromatic carbocycles. The molecule has 0 spiro atoms. The monoisotopic (exact) mass is 2040 g/mol. The molecule has 5 atom stereocenters. The maximum Gasteiger partial charge on any atom is 0.260 e. The number of nitrogens with zero attached hydrogens (tertiary/aromatic N) is 31. The molecule has 149 heavy (non-hydrogen) atoms. The van der Waals surface area contributed by atoms with Gasteiger partial charge >= 0.3 is 0 Å². The molecule has 2 N–H and O–H groups in total. The Kier molecular flexibility index (Phi) is 26.1. The van der Waals surface area contributed by atoms with Crippen LogP contribution >= 0.6 is 22.7 Å². The molecule has 744 valence electrons. The standard InChI is InChI=1S/2C21H18FN7O2.2C21H16FN5OS.C20H16FN7O/c2*1-13(28-6-4-18-16(21(28)31)3-2-5-23-18)19-25-26-20-17(22)9-14(12-29(19)20)15-10-24-27(11-15)7-8-30;2*1-12-8-18(29-11-12)14-9-16(22)20-25-24-19(27(20)10-14)13(2)26-7-5-17-15(21(26)28)4-3-6-23-17;1-12(27-7-5-16-14(20(27)29)4-3-6-22-16)18-24-25-19-15(21)8-13(9-28(18)19)17-10-26(2)11-23-17/h2*2-6,9-13,30H,7-8H2,1H3;2*3-11,13H,1-2H3;3-12H,1-2H3/t4*13-;12-/m10100/s1. The van der Waals surface area contributed by atoms with Gasteiger partial charge in [-0.3, -0.25) is 80.3 Å². The number of hydrogen-bond donors (Lipinski definition) is 2. The summed E-state index contributed by atoms with van der Waals surface area (Å²) in [6.07, 6.45) is 35.5. The number of thiophene rings is 2. The molecule has 25 aromatic rings. The van der Waals surface area contributed by atoms with E-state index in [2.05, 4.69) is 91.1 Å². The second kappa shape index (κ2) is 40.2. The summed E-state index contributed by atoms with van der Waals surface area (Å²) in [6, 6.07) is 34.9. The maximum absolute atomic E-state index is 14.8. The van der Waals surface area contributed by atoms with Crippen molar-refractivity contribution in [2.45, 2.75) is 91.8 Å². The predicted molar refractivity (Wildman–Crippen MR) is 549 cm³/mol. The number of aryl methyl sites for hydroxylation is 3. The molecule has 38 nitrogen and oxygen atoms in total. The fourth-order valence-electron chi connectivity index (χ4n) is 17.8. The van der Waals surface area contributed by atoms with Crippen molar-refractivity contribution in [3.8, 4) is 54.4 Å². The van der Waals surface area contributed by atoms with Gasteiger partial charge in [0.25, 0.3) is 27.8 Å². The van der Waals surface area contributed by atoms with Gasteiger partial charge in [-0.15, -0.1) is 73.7 Å². The minimum absolute atomic E-state index is 0.0440. The van der Waals surface area contributed by atoms with Gasteiger partial charge in [0, 0.05) is 167 Å². The van der Waals surface area contributed by atoms with Crippen LogP contribution in [0, 0.1) is 42.9 Å². The van der Waals surface area contributed by atoms with E-state index in [9.17, 15) is 45.9 Å². The fourth-order valence-corrected chi connectivity index (χ4v) is 19.6. The summed E-state index contributed by atoms with van der Waals surface area (Å²) in [4.78, 5) is 92.1. The number of rotatable bonds is 19. The second-order valence-electron chi connectivity index (χ2n) is 35.2. The molecule has 25 aromatic heterocycles. The van der Waals surface area contributed by atoms with Crippen LogP contribution in [0.4, 0.5) is 22.0 Å². The summed E-state index contributed by atoms with van der Waals surface area (Å²) in [6.45, 7) is 13.7. The van der Waals surface area contributed by atoms with Crippen molar-refractivity contribution in [2.24, 2.45) is 7.05 Å². The average molecular weight is 2040 g/mol. The molecule has 0 fully saturated rings. The van der Waals surface area contributed by atoms with E-state index < -0.39 is 59.3 Å². The molecule has 25 heterocycles. The molecule has 0 aliphatic rings. The Bertz CT molecular complexity index is 9070. The van der Waals surface area contributed by atoms with Crippen LogP contribution in [0.5, 0.6) is 0 Å². The third-order valence-electron chi connectivity index (χ3n) is 25.5. The Morgan fingerprint density at radius 3 is 0.832 bits per heavy atom. The highest BCUT2D eigenvalue weighted by atomic mass is 32.1. The molecule has 0 unspecified atom stereocenters. The lowest BCUT2D eigenvalue weighted by molar-refractivity contribution is 0.269. The zero-order chi connectivity index (χ0) is 103. The van der Waals surface area contributed by atoms with Crippen LogP contribution in [0.15, 0.2) is 298 Å². The van der Waals surface area contributed by atoms with Gasteiger partial charge in [0.15, 0.2) is 86.4 Å². The summed E-state index contributed by atoms with van der Waals surface area (Å²) in [5.74, 6) is -0.214. The molecule has 0 saturated heterocycles. The molecule has 25 rings (SSSR count). The van der Waals surface area contributed by atoms with Crippen LogP contribution in [-0.2, 0) is 20.1 Å². The number of aliphatic hydroxyl groups is 2. The fraction of sp³-hybridized carbons (Fsp3) is 0.163. The Balaban J connectivity index is 0.000000109. The highest BCUT2D eigenvalue weighted by molar-refractivity contribution is 7.14. The molecule has 0 amide bonds. The lowest BCUT2D eigenvalue weighted by Crippen LogP contribution is -2.25. The van der Waals surface area contributed by atoms with Gasteiger partial charge in [-0.25, -0.2) is 26.9 Å². The van der Waals surface area contributed by atoms with Crippen LogP contribution in [0.25, 0.3) is 137 Å². The Morgan fingerprint density at radius 2 is 0.577 bits per heavy atom. The molecule has 0 radical (unpaired) electrons. The van der Waals surface area contributed by atoms with Crippen molar-refractivity contribution in [3.05, 3.63) is 396 Å². The molecule has 0 saturated carbocycles. The number of hydrogen-bond acceptors (Lipinski definition) is 27. The van der Waals surface area contributed by atoms with Crippen molar-refractivity contribution < 1.29 is 32.2 Å². The predicted octanol–water partition coefficient (Wildman–Crippen LogP) is 15.1. The topological polar surface area (TPSA) is 419 Å². The molecule has 0 aliphatic carbocycles. The summed E-state index contributed by atoms with van der Waals surface area (Å²) >= 11 is 3.11. The summed E-state index contributed by atoms with van der Waals surface area (Å²) in [7, 11) is 1.85. The largest absolute Gasteiger partial charge is 0.394 e. The molecule has 0 aliphatic heterocycles. The van der Waals surface area contributed by atoms with E-state index in [1.165, 1.54) is 39.5 Å². The van der Waals surface area contributed by atoms with Crippen molar-refractivity contribution in [1.82, 2.24) is 150 Å². The minimum atomic E-state index is -0.534. The molecular weight excluding hydrogens is 1950 g/mol. The first-order valence-electron chi connectivity index (χ1n) is 46.6. The third kappa shape index (κ3) is 18.5. The number of fused-ring (bicyclic) bond motifs is 10. The SMILES string of the molecule is C[C@@H](c1nnc2c(F)cc(-c3cn(C)cn3)cn12)n1ccc2ncccc2c1=O.C[C@@H](c1nnc2c(F)cc(-c3cnn(CCO)c3)cn12)n1ccc2ncccc2c1=O.C[C@H](c1nnc2c(F)cc(-c3cnn(CCO)c3)cn12)n1ccc2ncccc2c1=O.Cc1csc(-c2cc(F)c3nnc([C@@H](C)n4ccc5ncccc5c4=O)n3c2)c1.Cc1csc(-c2cc(F)c3nnc([C@H](C)n4ccc5ncccc5c4=O)n3c2)c1. The summed E-state index contributed by atoms with van der Waals surface area (Å²) in [5.41, 5.74) is 10.2. The summed E-state index contributed by atoms with van der Waals surface area (Å²) < 4.78 is 94.3. The number of pyridine rings is 15. The normalized spacial score (nSPS) is 12.6. The van der Waals surface area contributed by atoms with E-state index in [1.807, 2.05) is 90.8 Å². The van der Waals surface area contributed by atoms with E-state index in [0.717, 1.165) is 32.0 Å². The van der Waals surface area contributed by atoms with Gasteiger partial charge < -0.3 is 37.6 Å². The van der Waals surface area contributed by atoms with Gasteiger partial charge in [0.1, 0.15) is 0 Å². The highest BCUT2D eigenvalue weighted by Gasteiger charge is 2.29. The highest BCUT2D eigenvalue weighted by Crippen LogP contribution is 2.35. The lowest BCUT2D eigenvalue weighted by Gasteiger charge is -2.14. The Morgan fingerprint density at radius 1 is 0.315 bits per heavy atom. The maximum atomic E-state index is 14.8.